The molecule has 0 saturated heterocycles. The Hall–Kier alpha value is -1.02. The van der Waals surface area contributed by atoms with Crippen molar-refractivity contribution in [2.75, 3.05) is 19.8 Å². The van der Waals surface area contributed by atoms with Crippen LogP contribution in [-0.2, 0) is 0 Å². The maximum Gasteiger partial charge on any atom is 0.142 e. The molecule has 0 saturated carbocycles. The Morgan fingerprint density at radius 2 is 2.21 bits per heavy atom. The van der Waals surface area contributed by atoms with Crippen molar-refractivity contribution in [1.29, 1.82) is 0 Å². The molecule has 0 aliphatic heterocycles. The van der Waals surface area contributed by atoms with Crippen LogP contribution in [0.25, 0.3) is 0 Å². The fourth-order valence-corrected chi connectivity index (χ4v) is 1.26. The van der Waals surface area contributed by atoms with Crippen LogP contribution in [0.5, 0.6) is 5.75 Å². The molecule has 1 aromatic carbocycles. The predicted octanol–water partition coefficient (Wildman–Crippen LogP) is 2.55. The van der Waals surface area contributed by atoms with Crippen LogP contribution in [0.2, 0.25) is 0 Å². The first-order chi connectivity index (χ1) is 6.86. The molecule has 1 aromatic rings. The third kappa shape index (κ3) is 3.79. The van der Waals surface area contributed by atoms with E-state index in [2.05, 4.69) is 24.8 Å². The van der Waals surface area contributed by atoms with Crippen LogP contribution in [0.3, 0.4) is 0 Å². The lowest BCUT2D eigenvalue weighted by Crippen LogP contribution is -2.28. The fraction of sp³-hybridized carbons (Fsp3) is 0.500. The fourth-order valence-electron chi connectivity index (χ4n) is 1.26. The topological polar surface area (TPSA) is 12.5 Å². The third-order valence-electron chi connectivity index (χ3n) is 2.07. The second kappa shape index (κ2) is 6.44. The van der Waals surface area contributed by atoms with E-state index in [1.54, 1.807) is 0 Å². The van der Waals surface area contributed by atoms with Gasteiger partial charge in [-0.2, -0.15) is 0 Å². The van der Waals surface area contributed by atoms with Gasteiger partial charge in [-0.1, -0.05) is 32.0 Å². The molecule has 0 aromatic heterocycles. The van der Waals surface area contributed by atoms with Crippen LogP contribution in [0.15, 0.2) is 24.3 Å². The van der Waals surface area contributed by atoms with Gasteiger partial charge in [-0.3, -0.25) is 4.90 Å². The van der Waals surface area contributed by atoms with Crippen LogP contribution < -0.4 is 4.74 Å². The Bertz CT molecular complexity index is 235. The van der Waals surface area contributed by atoms with Crippen molar-refractivity contribution in [3.05, 3.63) is 30.3 Å². The summed E-state index contributed by atoms with van der Waals surface area (Å²) >= 11 is 0. The minimum atomic E-state index is 0.658. The Labute approximate surface area is 86.5 Å². The van der Waals surface area contributed by atoms with Crippen molar-refractivity contribution in [3.63, 3.8) is 0 Å². The van der Waals surface area contributed by atoms with Crippen molar-refractivity contribution >= 4 is 0 Å². The van der Waals surface area contributed by atoms with Gasteiger partial charge in [0.25, 0.3) is 0 Å². The van der Waals surface area contributed by atoms with Crippen molar-refractivity contribution in [3.8, 4) is 5.75 Å². The quantitative estimate of drug-likeness (QED) is 0.642. The van der Waals surface area contributed by atoms with Gasteiger partial charge in [0.05, 0.1) is 0 Å². The smallest absolute Gasteiger partial charge is 0.142 e. The molecular formula is C12H18NO. The summed E-state index contributed by atoms with van der Waals surface area (Å²) in [5.41, 5.74) is 0. The molecule has 0 aliphatic rings. The average Bonchev–Trinajstić information content (AvgIpc) is 2.25. The lowest BCUT2D eigenvalue weighted by Gasteiger charge is -2.19. The normalized spacial score (nSPS) is 10.5. The maximum absolute atomic E-state index is 5.58. The van der Waals surface area contributed by atoms with Gasteiger partial charge in [0.2, 0.25) is 0 Å². The summed E-state index contributed by atoms with van der Waals surface area (Å²) < 4.78 is 5.58. The zero-order valence-electron chi connectivity index (χ0n) is 8.99. The van der Waals surface area contributed by atoms with E-state index in [0.29, 0.717) is 6.73 Å². The number of rotatable bonds is 6. The summed E-state index contributed by atoms with van der Waals surface area (Å²) in [6.07, 6.45) is 1.16. The van der Waals surface area contributed by atoms with Gasteiger partial charge in [0.1, 0.15) is 12.5 Å². The molecule has 0 aliphatic carbocycles. The van der Waals surface area contributed by atoms with E-state index in [1.165, 1.54) is 0 Å². The highest BCUT2D eigenvalue weighted by Crippen LogP contribution is 2.07. The standard InChI is InChI=1S/C12H18NO/c1-3-10-13(4-2)11-14-12-8-6-5-7-9-12/h5-8H,3-4,10-11H2,1-2H3. The van der Waals surface area contributed by atoms with E-state index in [4.69, 9.17) is 4.74 Å². The van der Waals surface area contributed by atoms with Gasteiger partial charge in [-0.15, -0.1) is 0 Å². The summed E-state index contributed by atoms with van der Waals surface area (Å²) in [5.74, 6) is 0.821. The summed E-state index contributed by atoms with van der Waals surface area (Å²) in [7, 11) is 0. The van der Waals surface area contributed by atoms with Gasteiger partial charge in [0.15, 0.2) is 0 Å². The molecule has 0 N–H and O–H groups in total. The number of hydrogen-bond acceptors (Lipinski definition) is 2. The Morgan fingerprint density at radius 3 is 2.79 bits per heavy atom. The molecule has 0 spiro atoms. The van der Waals surface area contributed by atoms with Crippen LogP contribution >= 0.6 is 0 Å². The van der Waals surface area contributed by atoms with E-state index in [-0.39, 0.29) is 0 Å². The first-order valence-corrected chi connectivity index (χ1v) is 5.18. The molecule has 2 heteroatoms. The number of benzene rings is 1. The molecule has 0 heterocycles. The summed E-state index contributed by atoms with van der Waals surface area (Å²) in [6, 6.07) is 10.7. The Morgan fingerprint density at radius 1 is 1.36 bits per heavy atom. The van der Waals surface area contributed by atoms with Crippen LogP contribution in [0.4, 0.5) is 0 Å². The monoisotopic (exact) mass is 192 g/mol. The lowest BCUT2D eigenvalue weighted by atomic mass is 10.3. The lowest BCUT2D eigenvalue weighted by molar-refractivity contribution is 0.131. The number of nitrogens with zero attached hydrogens (tertiary/aromatic N) is 1. The molecule has 2 nitrogen and oxygen atoms in total. The second-order valence-electron chi connectivity index (χ2n) is 3.21. The van der Waals surface area contributed by atoms with E-state index >= 15 is 0 Å². The van der Waals surface area contributed by atoms with Crippen LogP contribution in [-0.4, -0.2) is 24.7 Å². The third-order valence-corrected chi connectivity index (χ3v) is 2.07. The molecule has 0 fully saturated rings. The molecule has 0 bridgehead atoms. The van der Waals surface area contributed by atoms with Gasteiger partial charge in [0, 0.05) is 12.6 Å². The SMILES string of the molecule is CCCN(CC)COc1[c]cccc1. The minimum Gasteiger partial charge on any atom is -0.477 e. The summed E-state index contributed by atoms with van der Waals surface area (Å²) in [6.45, 7) is 7.10. The maximum atomic E-state index is 5.58. The predicted molar refractivity (Wildman–Crippen MR) is 58.3 cm³/mol. The number of ether oxygens (including phenoxy) is 1. The first-order valence-electron chi connectivity index (χ1n) is 5.18. The zero-order valence-corrected chi connectivity index (χ0v) is 8.99. The second-order valence-corrected chi connectivity index (χ2v) is 3.21. The van der Waals surface area contributed by atoms with Gasteiger partial charge in [-0.05, 0) is 19.0 Å². The van der Waals surface area contributed by atoms with Gasteiger partial charge < -0.3 is 4.74 Å². The molecular weight excluding hydrogens is 174 g/mol. The first kappa shape index (κ1) is 11.1. The van der Waals surface area contributed by atoms with E-state index in [0.717, 1.165) is 25.3 Å². The highest BCUT2D eigenvalue weighted by molar-refractivity contribution is 5.19. The number of hydrogen-bond donors (Lipinski definition) is 0. The summed E-state index contributed by atoms with van der Waals surface area (Å²) in [4.78, 5) is 2.26. The molecule has 0 unspecified atom stereocenters. The zero-order chi connectivity index (χ0) is 10.2. The molecule has 0 atom stereocenters. The molecule has 0 amide bonds. The molecule has 14 heavy (non-hydrogen) atoms. The van der Waals surface area contributed by atoms with E-state index < -0.39 is 0 Å². The minimum absolute atomic E-state index is 0.658. The van der Waals surface area contributed by atoms with Crippen LogP contribution in [0.1, 0.15) is 20.3 Å². The number of para-hydroxylation sites is 1. The molecule has 1 rings (SSSR count). The van der Waals surface area contributed by atoms with Crippen LogP contribution in [0, 0.1) is 6.07 Å². The van der Waals surface area contributed by atoms with E-state index in [1.807, 2.05) is 24.3 Å². The van der Waals surface area contributed by atoms with Gasteiger partial charge in [-0.25, -0.2) is 0 Å². The van der Waals surface area contributed by atoms with Crippen molar-refractivity contribution in [1.82, 2.24) is 4.90 Å². The van der Waals surface area contributed by atoms with Crippen molar-refractivity contribution in [2.45, 2.75) is 20.3 Å². The average molecular weight is 192 g/mol. The highest BCUT2D eigenvalue weighted by Gasteiger charge is 2.00. The van der Waals surface area contributed by atoms with E-state index in [9.17, 15) is 0 Å². The Balaban J connectivity index is 2.32. The van der Waals surface area contributed by atoms with Crippen molar-refractivity contribution in [2.24, 2.45) is 0 Å². The van der Waals surface area contributed by atoms with Gasteiger partial charge >= 0.3 is 0 Å². The molecule has 1 radical (unpaired) electrons. The molecule has 77 valence electrons. The van der Waals surface area contributed by atoms with Crippen molar-refractivity contribution < 1.29 is 4.74 Å². The largest absolute Gasteiger partial charge is 0.477 e. The summed E-state index contributed by atoms with van der Waals surface area (Å²) in [5, 5.41) is 0. The Kier molecular flexibility index (Phi) is 5.08. The highest BCUT2D eigenvalue weighted by atomic mass is 16.5.